The summed E-state index contributed by atoms with van der Waals surface area (Å²) in [6.45, 7) is 3.75. The number of nitrogens with zero attached hydrogens (tertiary/aromatic N) is 2. The van der Waals surface area contributed by atoms with Crippen LogP contribution in [0.1, 0.15) is 29.7 Å². The Hall–Kier alpha value is -4.43. The predicted octanol–water partition coefficient (Wildman–Crippen LogP) is 4.20. The van der Waals surface area contributed by atoms with E-state index in [-0.39, 0.29) is 11.5 Å². The summed E-state index contributed by atoms with van der Waals surface area (Å²) in [5.41, 5.74) is 4.08. The first-order valence-electron chi connectivity index (χ1n) is 12.1. The van der Waals surface area contributed by atoms with Crippen LogP contribution in [0.15, 0.2) is 93.9 Å². The van der Waals surface area contributed by atoms with E-state index >= 15 is 0 Å². The van der Waals surface area contributed by atoms with Gasteiger partial charge in [0.15, 0.2) is 4.80 Å². The van der Waals surface area contributed by atoms with Crippen LogP contribution in [-0.4, -0.2) is 24.7 Å². The van der Waals surface area contributed by atoms with E-state index in [1.807, 2.05) is 92.7 Å². The molecule has 0 saturated carbocycles. The molecule has 1 N–H and O–H groups in total. The molecule has 7 nitrogen and oxygen atoms in total. The van der Waals surface area contributed by atoms with Crippen LogP contribution in [-0.2, 0) is 4.79 Å². The Morgan fingerprint density at radius 2 is 1.58 bits per heavy atom. The number of aromatic nitrogens is 1. The Morgan fingerprint density at radius 3 is 2.21 bits per heavy atom. The number of anilines is 1. The number of fused-ring (bicyclic) bond motifs is 1. The van der Waals surface area contributed by atoms with Crippen molar-refractivity contribution >= 4 is 29.0 Å². The van der Waals surface area contributed by atoms with E-state index in [1.54, 1.807) is 18.8 Å². The minimum absolute atomic E-state index is 0.209. The topological polar surface area (TPSA) is 81.9 Å². The van der Waals surface area contributed by atoms with Crippen molar-refractivity contribution in [3.05, 3.63) is 120 Å². The van der Waals surface area contributed by atoms with Gasteiger partial charge in [0.2, 0.25) is 0 Å². The molecule has 5 rings (SSSR count). The fourth-order valence-electron chi connectivity index (χ4n) is 4.47. The van der Waals surface area contributed by atoms with Gasteiger partial charge in [0, 0.05) is 5.69 Å². The second kappa shape index (κ2) is 10.5. The van der Waals surface area contributed by atoms with E-state index in [2.05, 4.69) is 5.32 Å². The quantitative estimate of drug-likeness (QED) is 0.409. The number of hydrogen-bond acceptors (Lipinski definition) is 6. The molecule has 192 valence electrons. The summed E-state index contributed by atoms with van der Waals surface area (Å²) in [5.74, 6) is 1.13. The molecule has 0 radical (unpaired) electrons. The lowest BCUT2D eigenvalue weighted by Crippen LogP contribution is -2.40. The van der Waals surface area contributed by atoms with E-state index in [0.717, 1.165) is 22.4 Å². The highest BCUT2D eigenvalue weighted by Gasteiger charge is 2.32. The van der Waals surface area contributed by atoms with E-state index in [9.17, 15) is 9.59 Å². The largest absolute Gasteiger partial charge is 0.497 e. The molecule has 3 aromatic carbocycles. The SMILES string of the molecule is COc1ccc(C=c2sc3n(c2=O)C(c2ccc(OC)cc2)C(C(=O)Nc2ccccc2C)=C(C)N=3)cc1. The maximum Gasteiger partial charge on any atom is 0.271 e. The molecule has 0 saturated heterocycles. The molecule has 8 heteroatoms. The average Bonchev–Trinajstić information content (AvgIpc) is 3.23. The van der Waals surface area contributed by atoms with Crippen LogP contribution < -0.4 is 29.7 Å². The normalized spacial score (nSPS) is 15.1. The van der Waals surface area contributed by atoms with Crippen molar-refractivity contribution in [2.45, 2.75) is 19.9 Å². The Balaban J connectivity index is 1.65. The summed E-state index contributed by atoms with van der Waals surface area (Å²) in [6, 6.07) is 21.8. The van der Waals surface area contributed by atoms with Crippen LogP contribution in [0, 0.1) is 6.92 Å². The van der Waals surface area contributed by atoms with Gasteiger partial charge in [-0.2, -0.15) is 0 Å². The number of ether oxygens (including phenoxy) is 2. The Kier molecular flexibility index (Phi) is 6.98. The molecule has 1 atom stereocenters. The lowest BCUT2D eigenvalue weighted by atomic mass is 9.95. The third-order valence-electron chi connectivity index (χ3n) is 6.50. The molecule has 1 amide bonds. The van der Waals surface area contributed by atoms with Gasteiger partial charge in [0.05, 0.1) is 36.1 Å². The summed E-state index contributed by atoms with van der Waals surface area (Å²) < 4.78 is 12.7. The van der Waals surface area contributed by atoms with Crippen molar-refractivity contribution in [3.8, 4) is 11.5 Å². The highest BCUT2D eigenvalue weighted by atomic mass is 32.1. The Bertz CT molecular complexity index is 1720. The van der Waals surface area contributed by atoms with Crippen LogP contribution in [0.3, 0.4) is 0 Å². The van der Waals surface area contributed by atoms with Crippen LogP contribution in [0.25, 0.3) is 6.08 Å². The first-order valence-corrected chi connectivity index (χ1v) is 12.9. The van der Waals surface area contributed by atoms with Gasteiger partial charge in [-0.25, -0.2) is 4.99 Å². The highest BCUT2D eigenvalue weighted by Crippen LogP contribution is 2.32. The Morgan fingerprint density at radius 1 is 0.947 bits per heavy atom. The van der Waals surface area contributed by atoms with Crippen molar-refractivity contribution in [1.82, 2.24) is 4.57 Å². The van der Waals surface area contributed by atoms with E-state index < -0.39 is 6.04 Å². The summed E-state index contributed by atoms with van der Waals surface area (Å²) >= 11 is 1.30. The zero-order valence-electron chi connectivity index (χ0n) is 21.5. The first-order chi connectivity index (χ1) is 18.4. The van der Waals surface area contributed by atoms with Gasteiger partial charge in [0.1, 0.15) is 11.5 Å². The number of carbonyl (C=O) groups is 1. The number of nitrogens with one attached hydrogen (secondary N) is 1. The van der Waals surface area contributed by atoms with Gasteiger partial charge in [-0.1, -0.05) is 53.8 Å². The second-order valence-electron chi connectivity index (χ2n) is 8.90. The number of para-hydroxylation sites is 1. The summed E-state index contributed by atoms with van der Waals surface area (Å²) in [7, 11) is 3.21. The number of thiazole rings is 1. The molecule has 0 spiro atoms. The standard InChI is InChI=1S/C30H27N3O4S/c1-18-7-5-6-8-24(18)32-28(34)26-19(2)31-30-33(27(26)21-11-15-23(37-4)16-12-21)29(35)25(38-30)17-20-9-13-22(36-3)14-10-20/h5-17,27H,1-4H3,(H,32,34). The minimum atomic E-state index is -0.654. The molecule has 0 fully saturated rings. The number of hydrogen-bond donors (Lipinski definition) is 1. The summed E-state index contributed by atoms with van der Waals surface area (Å²) in [5, 5.41) is 3.03. The van der Waals surface area contributed by atoms with E-state index in [4.69, 9.17) is 14.5 Å². The predicted molar refractivity (Wildman–Crippen MR) is 150 cm³/mol. The number of rotatable bonds is 6. The fraction of sp³-hybridized carbons (Fsp3) is 0.167. The van der Waals surface area contributed by atoms with Crippen LogP contribution in [0.5, 0.6) is 11.5 Å². The lowest BCUT2D eigenvalue weighted by Gasteiger charge is -2.25. The monoisotopic (exact) mass is 525 g/mol. The van der Waals surface area contributed by atoms with Gasteiger partial charge >= 0.3 is 0 Å². The van der Waals surface area contributed by atoms with E-state index in [1.165, 1.54) is 11.3 Å². The molecule has 0 aliphatic carbocycles. The molecule has 1 unspecified atom stereocenters. The van der Waals surface area contributed by atoms with Crippen molar-refractivity contribution < 1.29 is 14.3 Å². The molecular weight excluding hydrogens is 498 g/mol. The average molecular weight is 526 g/mol. The van der Waals surface area contributed by atoms with Gasteiger partial charge in [0.25, 0.3) is 11.5 Å². The van der Waals surface area contributed by atoms with Crippen molar-refractivity contribution in [3.63, 3.8) is 0 Å². The number of allylic oxidation sites excluding steroid dienone is 1. The summed E-state index contributed by atoms with van der Waals surface area (Å²) in [6.07, 6.45) is 1.83. The lowest BCUT2D eigenvalue weighted by molar-refractivity contribution is -0.113. The molecule has 4 aromatic rings. The van der Waals surface area contributed by atoms with E-state index in [0.29, 0.717) is 32.0 Å². The van der Waals surface area contributed by atoms with Crippen molar-refractivity contribution in [1.29, 1.82) is 0 Å². The number of benzene rings is 3. The Labute approximate surface area is 224 Å². The van der Waals surface area contributed by atoms with Crippen molar-refractivity contribution in [2.24, 2.45) is 4.99 Å². The summed E-state index contributed by atoms with van der Waals surface area (Å²) in [4.78, 5) is 32.8. The molecule has 2 heterocycles. The van der Waals surface area contributed by atoms with Gasteiger partial charge in [-0.05, 0) is 66.9 Å². The molecular formula is C30H27N3O4S. The third-order valence-corrected chi connectivity index (χ3v) is 7.49. The number of methoxy groups -OCH3 is 2. The highest BCUT2D eigenvalue weighted by molar-refractivity contribution is 7.07. The zero-order valence-corrected chi connectivity index (χ0v) is 22.3. The maximum absolute atomic E-state index is 13.8. The zero-order chi connectivity index (χ0) is 26.8. The number of amides is 1. The second-order valence-corrected chi connectivity index (χ2v) is 9.91. The smallest absolute Gasteiger partial charge is 0.271 e. The first kappa shape index (κ1) is 25.2. The number of carbonyl (C=O) groups excluding carboxylic acids is 1. The van der Waals surface area contributed by atoms with Gasteiger partial charge in [-0.3, -0.25) is 14.2 Å². The molecule has 1 aliphatic rings. The molecule has 0 bridgehead atoms. The van der Waals surface area contributed by atoms with Gasteiger partial charge in [-0.15, -0.1) is 0 Å². The third kappa shape index (κ3) is 4.78. The van der Waals surface area contributed by atoms with Crippen molar-refractivity contribution in [2.75, 3.05) is 19.5 Å². The molecule has 38 heavy (non-hydrogen) atoms. The maximum atomic E-state index is 13.8. The van der Waals surface area contributed by atoms with Crippen LogP contribution in [0.2, 0.25) is 0 Å². The molecule has 1 aliphatic heterocycles. The van der Waals surface area contributed by atoms with Crippen LogP contribution in [0.4, 0.5) is 5.69 Å². The molecule has 1 aromatic heterocycles. The van der Waals surface area contributed by atoms with Crippen LogP contribution >= 0.6 is 11.3 Å². The number of aryl methyl sites for hydroxylation is 1. The minimum Gasteiger partial charge on any atom is -0.497 e. The fourth-order valence-corrected chi connectivity index (χ4v) is 5.51. The van der Waals surface area contributed by atoms with Gasteiger partial charge < -0.3 is 14.8 Å².